The van der Waals surface area contributed by atoms with Crippen molar-refractivity contribution in [2.24, 2.45) is 0 Å². The van der Waals surface area contributed by atoms with Crippen molar-refractivity contribution in [1.82, 2.24) is 0 Å². The second-order valence-electron chi connectivity index (χ2n) is 6.61. The van der Waals surface area contributed by atoms with Crippen LogP contribution in [0.3, 0.4) is 0 Å². The number of carbonyl (C=O) groups is 2. The molecule has 1 saturated carbocycles. The third-order valence-corrected chi connectivity index (χ3v) is 4.86. The summed E-state index contributed by atoms with van der Waals surface area (Å²) < 4.78 is 5.14. The highest BCUT2D eigenvalue weighted by atomic mass is 16.6. The molecule has 0 saturated heterocycles. The Hall–Kier alpha value is -1.88. The van der Waals surface area contributed by atoms with Crippen molar-refractivity contribution in [3.63, 3.8) is 0 Å². The Labute approximate surface area is 136 Å². The second kappa shape index (κ2) is 6.32. The highest BCUT2D eigenvalue weighted by Gasteiger charge is 2.39. The van der Waals surface area contributed by atoms with E-state index in [-0.39, 0.29) is 18.6 Å². The smallest absolute Gasteiger partial charge is 0.338 e. The number of amides is 1. The van der Waals surface area contributed by atoms with Crippen molar-refractivity contribution < 1.29 is 19.4 Å². The van der Waals surface area contributed by atoms with E-state index in [1.807, 2.05) is 31.2 Å². The highest BCUT2D eigenvalue weighted by Crippen LogP contribution is 2.32. The molecule has 3 rings (SSSR count). The fourth-order valence-corrected chi connectivity index (χ4v) is 3.62. The van der Waals surface area contributed by atoms with Crippen LogP contribution in [0.1, 0.15) is 44.6 Å². The van der Waals surface area contributed by atoms with Gasteiger partial charge in [0.2, 0.25) is 0 Å². The van der Waals surface area contributed by atoms with Crippen LogP contribution in [-0.2, 0) is 20.7 Å². The largest absolute Gasteiger partial charge is 0.453 e. The number of fused-ring (bicyclic) bond motifs is 1. The molecule has 1 aromatic rings. The summed E-state index contributed by atoms with van der Waals surface area (Å²) >= 11 is 0. The fraction of sp³-hybridized carbons (Fsp3) is 0.556. The molecule has 1 amide bonds. The lowest BCUT2D eigenvalue weighted by Gasteiger charge is -2.30. The van der Waals surface area contributed by atoms with Gasteiger partial charge in [-0.3, -0.25) is 4.79 Å². The van der Waals surface area contributed by atoms with E-state index < -0.39 is 11.6 Å². The molecule has 1 aliphatic heterocycles. The topological polar surface area (TPSA) is 66.8 Å². The van der Waals surface area contributed by atoms with Crippen molar-refractivity contribution in [2.75, 3.05) is 11.5 Å². The molecule has 0 radical (unpaired) electrons. The van der Waals surface area contributed by atoms with Crippen LogP contribution in [0.15, 0.2) is 24.3 Å². The summed E-state index contributed by atoms with van der Waals surface area (Å²) in [5, 5.41) is 10.3. The molecule has 0 spiro atoms. The maximum Gasteiger partial charge on any atom is 0.338 e. The van der Waals surface area contributed by atoms with Crippen molar-refractivity contribution in [2.45, 2.75) is 57.1 Å². The van der Waals surface area contributed by atoms with E-state index in [0.29, 0.717) is 12.8 Å². The minimum Gasteiger partial charge on any atom is -0.453 e. The Morgan fingerprint density at radius 3 is 2.70 bits per heavy atom. The number of benzene rings is 1. The Bertz CT molecular complexity index is 607. The standard InChI is InChI=1S/C18H23NO4/c1-13-11-14-7-3-4-8-15(14)19(13)16(20)12-23-17(21)18(22)9-5-2-6-10-18/h3-4,7-8,13,22H,2,5-6,9-12H2,1H3/t13-/m0/s1. The highest BCUT2D eigenvalue weighted by molar-refractivity contribution is 5.98. The summed E-state index contributed by atoms with van der Waals surface area (Å²) in [6.07, 6.45) is 4.30. The number of anilines is 1. The predicted octanol–water partition coefficient (Wildman–Crippen LogP) is 2.20. The van der Waals surface area contributed by atoms with Gasteiger partial charge < -0.3 is 14.7 Å². The summed E-state index contributed by atoms with van der Waals surface area (Å²) in [4.78, 5) is 26.3. The third kappa shape index (κ3) is 3.11. The summed E-state index contributed by atoms with van der Waals surface area (Å²) in [7, 11) is 0. The number of esters is 1. The molecule has 1 heterocycles. The lowest BCUT2D eigenvalue weighted by Crippen LogP contribution is -2.44. The van der Waals surface area contributed by atoms with Crippen LogP contribution < -0.4 is 4.90 Å². The lowest BCUT2D eigenvalue weighted by molar-refractivity contribution is -0.170. The van der Waals surface area contributed by atoms with Crippen molar-refractivity contribution in [3.8, 4) is 0 Å². The number of hydrogen-bond acceptors (Lipinski definition) is 4. The molecule has 2 aliphatic rings. The lowest BCUT2D eigenvalue weighted by atomic mass is 9.85. The fourth-order valence-electron chi connectivity index (χ4n) is 3.62. The quantitative estimate of drug-likeness (QED) is 0.868. The molecule has 0 unspecified atom stereocenters. The van der Waals surface area contributed by atoms with E-state index in [9.17, 15) is 14.7 Å². The Balaban J connectivity index is 1.62. The van der Waals surface area contributed by atoms with E-state index in [1.165, 1.54) is 0 Å². The average molecular weight is 317 g/mol. The monoisotopic (exact) mass is 317 g/mol. The van der Waals surface area contributed by atoms with Crippen LogP contribution in [0.4, 0.5) is 5.69 Å². The number of aliphatic hydroxyl groups is 1. The molecule has 1 N–H and O–H groups in total. The summed E-state index contributed by atoms with van der Waals surface area (Å²) in [5.74, 6) is -0.902. The van der Waals surface area contributed by atoms with Crippen LogP contribution in [0, 0.1) is 0 Å². The number of para-hydroxylation sites is 1. The Kier molecular flexibility index (Phi) is 4.39. The Morgan fingerprint density at radius 2 is 1.96 bits per heavy atom. The second-order valence-corrected chi connectivity index (χ2v) is 6.61. The van der Waals surface area contributed by atoms with Crippen LogP contribution >= 0.6 is 0 Å². The molecule has 5 heteroatoms. The van der Waals surface area contributed by atoms with Gasteiger partial charge in [0.15, 0.2) is 12.2 Å². The zero-order chi connectivity index (χ0) is 16.4. The predicted molar refractivity (Wildman–Crippen MR) is 86.1 cm³/mol. The minimum atomic E-state index is -1.41. The van der Waals surface area contributed by atoms with E-state index in [0.717, 1.165) is 36.9 Å². The molecular formula is C18H23NO4. The first-order valence-corrected chi connectivity index (χ1v) is 8.31. The van der Waals surface area contributed by atoms with E-state index >= 15 is 0 Å². The van der Waals surface area contributed by atoms with E-state index in [4.69, 9.17) is 4.74 Å². The van der Waals surface area contributed by atoms with Gasteiger partial charge in [0.25, 0.3) is 5.91 Å². The van der Waals surface area contributed by atoms with Crippen molar-refractivity contribution >= 4 is 17.6 Å². The minimum absolute atomic E-state index is 0.0522. The Morgan fingerprint density at radius 1 is 1.26 bits per heavy atom. The number of rotatable bonds is 3. The molecule has 124 valence electrons. The molecule has 0 aromatic heterocycles. The van der Waals surface area contributed by atoms with Crippen LogP contribution in [0.2, 0.25) is 0 Å². The molecule has 5 nitrogen and oxygen atoms in total. The maximum absolute atomic E-state index is 12.5. The SMILES string of the molecule is C[C@H]1Cc2ccccc2N1C(=O)COC(=O)C1(O)CCCCC1. The number of ether oxygens (including phenoxy) is 1. The normalized spacial score (nSPS) is 22.5. The van der Waals surface area contributed by atoms with Gasteiger partial charge in [0.1, 0.15) is 0 Å². The zero-order valence-corrected chi connectivity index (χ0v) is 13.5. The van der Waals surface area contributed by atoms with Gasteiger partial charge in [-0.2, -0.15) is 0 Å². The summed E-state index contributed by atoms with van der Waals surface area (Å²) in [5.41, 5.74) is 0.607. The van der Waals surface area contributed by atoms with Crippen molar-refractivity contribution in [1.29, 1.82) is 0 Å². The maximum atomic E-state index is 12.5. The van der Waals surface area contributed by atoms with Crippen molar-refractivity contribution in [3.05, 3.63) is 29.8 Å². The molecule has 1 aromatic carbocycles. The first-order valence-electron chi connectivity index (χ1n) is 8.31. The number of nitrogens with zero attached hydrogens (tertiary/aromatic N) is 1. The van der Waals surface area contributed by atoms with Crippen LogP contribution in [0.25, 0.3) is 0 Å². The average Bonchev–Trinajstić information content (AvgIpc) is 2.88. The van der Waals surface area contributed by atoms with Gasteiger partial charge in [-0.25, -0.2) is 4.79 Å². The molecule has 1 fully saturated rings. The zero-order valence-electron chi connectivity index (χ0n) is 13.5. The van der Waals surface area contributed by atoms with Gasteiger partial charge in [0.05, 0.1) is 0 Å². The molecule has 23 heavy (non-hydrogen) atoms. The first kappa shape index (κ1) is 16.0. The van der Waals surface area contributed by atoms with Crippen LogP contribution in [0.5, 0.6) is 0 Å². The molecule has 1 aliphatic carbocycles. The third-order valence-electron chi connectivity index (χ3n) is 4.86. The molecular weight excluding hydrogens is 294 g/mol. The number of hydrogen-bond donors (Lipinski definition) is 1. The molecule has 0 bridgehead atoms. The van der Waals surface area contributed by atoms with Gasteiger partial charge in [-0.05, 0) is 50.7 Å². The molecule has 1 atom stereocenters. The summed E-state index contributed by atoms with van der Waals surface area (Å²) in [6.45, 7) is 1.66. The summed E-state index contributed by atoms with van der Waals surface area (Å²) in [6, 6.07) is 7.83. The van der Waals surface area contributed by atoms with Crippen LogP contribution in [-0.4, -0.2) is 35.2 Å². The van der Waals surface area contributed by atoms with E-state index in [2.05, 4.69) is 0 Å². The first-order chi connectivity index (χ1) is 11.0. The van der Waals surface area contributed by atoms with E-state index in [1.54, 1.807) is 4.90 Å². The van der Waals surface area contributed by atoms with Gasteiger partial charge in [-0.15, -0.1) is 0 Å². The van der Waals surface area contributed by atoms with Gasteiger partial charge in [-0.1, -0.05) is 24.6 Å². The van der Waals surface area contributed by atoms with Gasteiger partial charge >= 0.3 is 5.97 Å². The van der Waals surface area contributed by atoms with Gasteiger partial charge in [0, 0.05) is 11.7 Å². The number of carbonyl (C=O) groups excluding carboxylic acids is 2.